The highest BCUT2D eigenvalue weighted by atomic mass is 16.5. The minimum atomic E-state index is 0.0151. The molecule has 166 valence electrons. The predicted octanol–water partition coefficient (Wildman–Crippen LogP) is 4.10. The van der Waals surface area contributed by atoms with Gasteiger partial charge in [0.2, 0.25) is 5.91 Å². The fourth-order valence-corrected chi connectivity index (χ4v) is 4.07. The van der Waals surface area contributed by atoms with E-state index in [0.29, 0.717) is 19.0 Å². The molecule has 3 rings (SSSR count). The van der Waals surface area contributed by atoms with Crippen molar-refractivity contribution in [2.75, 3.05) is 26.7 Å². The summed E-state index contributed by atoms with van der Waals surface area (Å²) < 4.78 is 5.15. The molecule has 1 aliphatic heterocycles. The second-order valence-electron chi connectivity index (χ2n) is 8.83. The van der Waals surface area contributed by atoms with Crippen LogP contribution in [-0.2, 0) is 17.8 Å². The van der Waals surface area contributed by atoms with E-state index in [4.69, 9.17) is 4.74 Å². The van der Waals surface area contributed by atoms with Crippen LogP contribution >= 0.6 is 0 Å². The van der Waals surface area contributed by atoms with Crippen molar-refractivity contribution in [1.82, 2.24) is 10.2 Å². The van der Waals surface area contributed by atoms with Crippen molar-refractivity contribution in [3.63, 3.8) is 0 Å². The van der Waals surface area contributed by atoms with Crippen LogP contribution in [0, 0.1) is 11.8 Å². The van der Waals surface area contributed by atoms with Gasteiger partial charge in [-0.15, -0.1) is 0 Å². The Kier molecular flexibility index (Phi) is 8.24. The van der Waals surface area contributed by atoms with Crippen LogP contribution in [0.3, 0.4) is 0 Å². The van der Waals surface area contributed by atoms with Crippen LogP contribution in [0.2, 0.25) is 0 Å². The van der Waals surface area contributed by atoms with Gasteiger partial charge in [0.25, 0.3) is 0 Å². The van der Waals surface area contributed by atoms with Crippen molar-refractivity contribution < 1.29 is 14.3 Å². The Labute approximate surface area is 185 Å². The highest BCUT2D eigenvalue weighted by Crippen LogP contribution is 2.22. The average molecular weight is 423 g/mol. The summed E-state index contributed by atoms with van der Waals surface area (Å²) in [6.45, 7) is 6.83. The van der Waals surface area contributed by atoms with Gasteiger partial charge >= 0.3 is 0 Å². The van der Waals surface area contributed by atoms with E-state index in [1.807, 2.05) is 36.4 Å². The molecule has 0 saturated carbocycles. The van der Waals surface area contributed by atoms with Gasteiger partial charge in [-0.3, -0.25) is 14.5 Å². The molecule has 1 saturated heterocycles. The first-order valence-electron chi connectivity index (χ1n) is 11.2. The number of Topliss-reactive ketones (excluding diaryl/α,β-unsaturated/α-hetero) is 1. The van der Waals surface area contributed by atoms with Crippen molar-refractivity contribution in [3.8, 4) is 5.75 Å². The Balaban J connectivity index is 1.41. The second kappa shape index (κ2) is 11.1. The monoisotopic (exact) mass is 422 g/mol. The van der Waals surface area contributed by atoms with Crippen LogP contribution in [0.1, 0.15) is 48.2 Å². The zero-order valence-corrected chi connectivity index (χ0v) is 18.9. The summed E-state index contributed by atoms with van der Waals surface area (Å²) >= 11 is 0. The SMILES string of the molecule is COc1ccc(CNC(=O)CN2CCC(C(=O)c3ccc(CC(C)C)cc3)CC2)cc1. The van der Waals surface area contributed by atoms with Crippen LogP contribution in [0.15, 0.2) is 48.5 Å². The van der Waals surface area contributed by atoms with Crippen molar-refractivity contribution in [2.45, 2.75) is 39.7 Å². The van der Waals surface area contributed by atoms with Gasteiger partial charge in [0, 0.05) is 18.0 Å². The van der Waals surface area contributed by atoms with E-state index in [9.17, 15) is 9.59 Å². The van der Waals surface area contributed by atoms with Crippen LogP contribution in [-0.4, -0.2) is 43.3 Å². The third kappa shape index (κ3) is 6.93. The maximum absolute atomic E-state index is 12.9. The molecule has 31 heavy (non-hydrogen) atoms. The molecule has 5 nitrogen and oxygen atoms in total. The number of ether oxygens (including phenoxy) is 1. The number of carbonyl (C=O) groups is 2. The molecule has 0 spiro atoms. The maximum atomic E-state index is 12.9. The average Bonchev–Trinajstić information content (AvgIpc) is 2.78. The molecule has 1 heterocycles. The van der Waals surface area contributed by atoms with Gasteiger partial charge in [0.1, 0.15) is 5.75 Å². The summed E-state index contributed by atoms with van der Waals surface area (Å²) in [4.78, 5) is 27.3. The molecule has 0 aliphatic carbocycles. The first-order chi connectivity index (χ1) is 14.9. The zero-order valence-electron chi connectivity index (χ0n) is 18.9. The number of rotatable bonds is 9. The van der Waals surface area contributed by atoms with E-state index >= 15 is 0 Å². The van der Waals surface area contributed by atoms with Crippen molar-refractivity contribution in [2.24, 2.45) is 11.8 Å². The summed E-state index contributed by atoms with van der Waals surface area (Å²) in [5, 5.41) is 2.97. The number of methoxy groups -OCH3 is 1. The van der Waals surface area contributed by atoms with Gasteiger partial charge in [-0.2, -0.15) is 0 Å². The lowest BCUT2D eigenvalue weighted by atomic mass is 9.88. The molecular weight excluding hydrogens is 388 g/mol. The molecule has 0 atom stereocenters. The normalized spacial score (nSPS) is 15.1. The number of benzene rings is 2. The third-order valence-electron chi connectivity index (χ3n) is 5.86. The number of piperidine rings is 1. The van der Waals surface area contributed by atoms with Crippen LogP contribution in [0.4, 0.5) is 0 Å². The third-order valence-corrected chi connectivity index (χ3v) is 5.86. The molecule has 0 radical (unpaired) electrons. The summed E-state index contributed by atoms with van der Waals surface area (Å²) in [7, 11) is 1.64. The molecule has 2 aromatic carbocycles. The molecule has 2 aromatic rings. The van der Waals surface area contributed by atoms with Gasteiger partial charge < -0.3 is 10.1 Å². The minimum absolute atomic E-state index is 0.0151. The highest BCUT2D eigenvalue weighted by Gasteiger charge is 2.26. The number of hydrogen-bond acceptors (Lipinski definition) is 4. The summed E-state index contributed by atoms with van der Waals surface area (Å²) in [6, 6.07) is 15.8. The Hall–Kier alpha value is -2.66. The zero-order chi connectivity index (χ0) is 22.2. The number of likely N-dealkylation sites (tertiary alicyclic amines) is 1. The lowest BCUT2D eigenvalue weighted by Crippen LogP contribution is -2.42. The Morgan fingerprint density at radius 3 is 2.19 bits per heavy atom. The first-order valence-corrected chi connectivity index (χ1v) is 11.2. The molecule has 1 fully saturated rings. The fraction of sp³-hybridized carbons (Fsp3) is 0.462. The van der Waals surface area contributed by atoms with Gasteiger partial charge in [-0.05, 0) is 61.5 Å². The number of ketones is 1. The van der Waals surface area contributed by atoms with Crippen molar-refractivity contribution >= 4 is 11.7 Å². The summed E-state index contributed by atoms with van der Waals surface area (Å²) in [5.74, 6) is 1.72. The topological polar surface area (TPSA) is 58.6 Å². The fourth-order valence-electron chi connectivity index (χ4n) is 4.07. The summed E-state index contributed by atoms with van der Waals surface area (Å²) in [5.41, 5.74) is 3.13. The maximum Gasteiger partial charge on any atom is 0.234 e. The number of amides is 1. The number of carbonyl (C=O) groups excluding carboxylic acids is 2. The molecule has 0 bridgehead atoms. The Morgan fingerprint density at radius 1 is 1.00 bits per heavy atom. The van der Waals surface area contributed by atoms with E-state index in [0.717, 1.165) is 49.2 Å². The van der Waals surface area contributed by atoms with Gasteiger partial charge in [0.15, 0.2) is 5.78 Å². The smallest absolute Gasteiger partial charge is 0.234 e. The highest BCUT2D eigenvalue weighted by molar-refractivity contribution is 5.98. The minimum Gasteiger partial charge on any atom is -0.497 e. The second-order valence-corrected chi connectivity index (χ2v) is 8.83. The van der Waals surface area contributed by atoms with E-state index in [1.54, 1.807) is 7.11 Å². The Bertz CT molecular complexity index is 851. The van der Waals surface area contributed by atoms with Gasteiger partial charge in [0.05, 0.1) is 13.7 Å². The lowest BCUT2D eigenvalue weighted by molar-refractivity contribution is -0.122. The molecule has 1 amide bonds. The number of nitrogens with one attached hydrogen (secondary N) is 1. The number of nitrogens with zero attached hydrogens (tertiary/aromatic N) is 1. The quantitative estimate of drug-likeness (QED) is 0.618. The molecule has 0 aromatic heterocycles. The van der Waals surface area contributed by atoms with Crippen LogP contribution in [0.5, 0.6) is 5.75 Å². The van der Waals surface area contributed by atoms with E-state index in [-0.39, 0.29) is 17.6 Å². The van der Waals surface area contributed by atoms with E-state index in [2.05, 4.69) is 36.2 Å². The van der Waals surface area contributed by atoms with Crippen LogP contribution in [0.25, 0.3) is 0 Å². The molecule has 1 aliphatic rings. The summed E-state index contributed by atoms with van der Waals surface area (Å²) in [6.07, 6.45) is 2.64. The molecule has 1 N–H and O–H groups in total. The largest absolute Gasteiger partial charge is 0.497 e. The Morgan fingerprint density at radius 2 is 1.61 bits per heavy atom. The van der Waals surface area contributed by atoms with Gasteiger partial charge in [-0.1, -0.05) is 50.2 Å². The van der Waals surface area contributed by atoms with Crippen molar-refractivity contribution in [1.29, 1.82) is 0 Å². The number of hydrogen-bond donors (Lipinski definition) is 1. The van der Waals surface area contributed by atoms with E-state index < -0.39 is 0 Å². The van der Waals surface area contributed by atoms with E-state index in [1.165, 1.54) is 5.56 Å². The molecule has 0 unspecified atom stereocenters. The molecule has 5 heteroatoms. The van der Waals surface area contributed by atoms with Gasteiger partial charge in [-0.25, -0.2) is 0 Å². The first kappa shape index (κ1) is 23.0. The standard InChI is InChI=1S/C26H34N2O3/c1-19(2)16-20-4-8-22(9-5-20)26(30)23-12-14-28(15-13-23)18-25(29)27-17-21-6-10-24(31-3)11-7-21/h4-11,19,23H,12-18H2,1-3H3,(H,27,29). The molecular formula is C26H34N2O3. The van der Waals surface area contributed by atoms with Crippen LogP contribution < -0.4 is 10.1 Å². The predicted molar refractivity (Wildman–Crippen MR) is 123 cm³/mol. The van der Waals surface area contributed by atoms with Crippen molar-refractivity contribution in [3.05, 3.63) is 65.2 Å². The lowest BCUT2D eigenvalue weighted by Gasteiger charge is -2.30.